The van der Waals surface area contributed by atoms with Gasteiger partial charge in [0.05, 0.1) is 22.8 Å². The molecule has 0 aromatic heterocycles. The highest BCUT2D eigenvalue weighted by molar-refractivity contribution is 7.90. The maximum atomic E-state index is 13.2. The summed E-state index contributed by atoms with van der Waals surface area (Å²) in [5, 5.41) is 5.48. The van der Waals surface area contributed by atoms with Crippen molar-refractivity contribution in [1.82, 2.24) is 4.72 Å². The van der Waals surface area contributed by atoms with Crippen molar-refractivity contribution in [1.29, 1.82) is 0 Å². The molecule has 1 aliphatic heterocycles. The van der Waals surface area contributed by atoms with Crippen LogP contribution >= 0.6 is 0 Å². The van der Waals surface area contributed by atoms with Crippen LogP contribution in [-0.4, -0.2) is 47.7 Å². The highest BCUT2D eigenvalue weighted by atomic mass is 32.2. The highest BCUT2D eigenvalue weighted by Crippen LogP contribution is 2.34. The maximum Gasteiger partial charge on any atom is 0.241 e. The topological polar surface area (TPSA) is 119 Å². The van der Waals surface area contributed by atoms with E-state index in [0.29, 0.717) is 25.2 Å². The van der Waals surface area contributed by atoms with Crippen LogP contribution in [0.3, 0.4) is 0 Å². The van der Waals surface area contributed by atoms with Crippen molar-refractivity contribution in [3.8, 4) is 0 Å². The van der Waals surface area contributed by atoms with E-state index in [1.165, 1.54) is 12.1 Å². The molecule has 2 atom stereocenters. The van der Waals surface area contributed by atoms with E-state index in [-0.39, 0.29) is 22.0 Å². The van der Waals surface area contributed by atoms with Gasteiger partial charge in [0.25, 0.3) is 0 Å². The quantitative estimate of drug-likeness (QED) is 0.674. The Balaban J connectivity index is 1.98. The number of hydrogen-bond donors (Lipinski definition) is 2. The van der Waals surface area contributed by atoms with Crippen LogP contribution in [-0.2, 0) is 24.8 Å². The summed E-state index contributed by atoms with van der Waals surface area (Å²) in [5.74, 6) is 0. The van der Waals surface area contributed by atoms with Gasteiger partial charge in [0.1, 0.15) is 4.90 Å². The number of ether oxygens (including phenoxy) is 1. The van der Waals surface area contributed by atoms with Gasteiger partial charge < -0.3 is 9.64 Å². The molecular weight excluding hydrogens is 426 g/mol. The number of hydrogen-bond acceptors (Lipinski definition) is 6. The number of sulfonamides is 2. The zero-order valence-electron chi connectivity index (χ0n) is 17.9. The summed E-state index contributed by atoms with van der Waals surface area (Å²) in [7, 11) is -8.02. The molecule has 2 fully saturated rings. The van der Waals surface area contributed by atoms with Crippen molar-refractivity contribution in [3.63, 3.8) is 0 Å². The number of primary sulfonamides is 1. The lowest BCUT2D eigenvalue weighted by molar-refractivity contribution is -0.00538. The molecule has 0 amide bonds. The van der Waals surface area contributed by atoms with Crippen LogP contribution in [0.15, 0.2) is 28.0 Å². The molecular formula is C20H33N3O5S2. The summed E-state index contributed by atoms with van der Waals surface area (Å²) in [6.45, 7) is 6.80. The molecule has 170 valence electrons. The second kappa shape index (κ2) is 8.74. The third kappa shape index (κ3) is 5.16. The van der Waals surface area contributed by atoms with Crippen molar-refractivity contribution >= 4 is 25.7 Å². The van der Waals surface area contributed by atoms with E-state index in [4.69, 9.17) is 9.88 Å². The Labute approximate surface area is 180 Å². The second-order valence-corrected chi connectivity index (χ2v) is 11.8. The first-order chi connectivity index (χ1) is 14.0. The van der Waals surface area contributed by atoms with E-state index in [9.17, 15) is 16.8 Å². The molecule has 1 aromatic carbocycles. The lowest BCUT2D eigenvalue weighted by atomic mass is 9.81. The van der Waals surface area contributed by atoms with Crippen LogP contribution < -0.4 is 14.8 Å². The van der Waals surface area contributed by atoms with Crippen LogP contribution in [0.2, 0.25) is 0 Å². The molecule has 3 N–H and O–H groups in total. The van der Waals surface area contributed by atoms with Gasteiger partial charge in [-0.05, 0) is 51.3 Å². The molecule has 3 rings (SSSR count). The van der Waals surface area contributed by atoms with Gasteiger partial charge in [0.15, 0.2) is 0 Å². The molecule has 0 radical (unpaired) electrons. The summed E-state index contributed by atoms with van der Waals surface area (Å²) in [5.41, 5.74) is -0.0756. The Kier molecular flexibility index (Phi) is 6.83. The molecule has 1 saturated carbocycles. The largest absolute Gasteiger partial charge is 0.372 e. The molecule has 10 heteroatoms. The fourth-order valence-corrected chi connectivity index (χ4v) is 7.04. The average molecular weight is 460 g/mol. The Morgan fingerprint density at radius 1 is 1.10 bits per heavy atom. The zero-order chi connectivity index (χ0) is 22.2. The lowest BCUT2D eigenvalue weighted by Gasteiger charge is -2.38. The maximum absolute atomic E-state index is 13.2. The SMILES string of the molecule is CCC1(NS(=O)(=O)c2ccc(N3C[C@@H](C)O[C@H](C)C3)c(S(N)(=O)=O)c2)CCCCC1. The molecule has 30 heavy (non-hydrogen) atoms. The molecule has 8 nitrogen and oxygen atoms in total. The van der Waals surface area contributed by atoms with Crippen molar-refractivity contribution in [2.45, 2.75) is 86.8 Å². The van der Waals surface area contributed by atoms with Crippen LogP contribution in [0.5, 0.6) is 0 Å². The van der Waals surface area contributed by atoms with E-state index in [1.807, 2.05) is 25.7 Å². The van der Waals surface area contributed by atoms with E-state index < -0.39 is 25.6 Å². The minimum atomic E-state index is -4.13. The molecule has 1 heterocycles. The first-order valence-corrected chi connectivity index (χ1v) is 13.6. The van der Waals surface area contributed by atoms with Gasteiger partial charge in [-0.25, -0.2) is 26.7 Å². The van der Waals surface area contributed by atoms with E-state index in [1.54, 1.807) is 6.07 Å². The summed E-state index contributed by atoms with van der Waals surface area (Å²) in [4.78, 5) is 1.63. The number of morpholine rings is 1. The van der Waals surface area contributed by atoms with Gasteiger partial charge in [-0.1, -0.05) is 26.2 Å². The molecule has 1 saturated heterocycles. The van der Waals surface area contributed by atoms with Crippen molar-refractivity contribution < 1.29 is 21.6 Å². The standard InChI is InChI=1S/C20H33N3O5S2/c1-4-20(10-6-5-7-11-20)22-30(26,27)17-8-9-18(19(12-17)29(21,24)25)23-13-15(2)28-16(3)14-23/h8-9,12,15-16,22H,4-7,10-11,13-14H2,1-3H3,(H2,21,24,25)/t15-,16-/m1/s1. The number of nitrogens with two attached hydrogens (primary N) is 1. The minimum Gasteiger partial charge on any atom is -0.372 e. The van der Waals surface area contributed by atoms with Gasteiger partial charge in [-0.3, -0.25) is 0 Å². The fourth-order valence-electron chi connectivity index (χ4n) is 4.63. The summed E-state index contributed by atoms with van der Waals surface area (Å²) in [6, 6.07) is 4.19. The van der Waals surface area contributed by atoms with E-state index >= 15 is 0 Å². The van der Waals surface area contributed by atoms with Gasteiger partial charge in [0, 0.05) is 18.6 Å². The molecule has 0 bridgehead atoms. The molecule has 1 aliphatic carbocycles. The monoisotopic (exact) mass is 459 g/mol. The number of nitrogens with one attached hydrogen (secondary N) is 1. The Morgan fingerprint density at radius 2 is 1.70 bits per heavy atom. The third-order valence-electron chi connectivity index (χ3n) is 6.15. The minimum absolute atomic E-state index is 0.0805. The van der Waals surface area contributed by atoms with Gasteiger partial charge >= 0.3 is 0 Å². The summed E-state index contributed by atoms with van der Waals surface area (Å²) < 4.78 is 59.6. The third-order valence-corrected chi connectivity index (χ3v) is 8.66. The number of anilines is 1. The number of nitrogens with zero attached hydrogens (tertiary/aromatic N) is 1. The fraction of sp³-hybridized carbons (Fsp3) is 0.700. The predicted octanol–water partition coefficient (Wildman–Crippen LogP) is 2.34. The van der Waals surface area contributed by atoms with E-state index in [2.05, 4.69) is 4.72 Å². The van der Waals surface area contributed by atoms with Gasteiger partial charge in [0.2, 0.25) is 20.0 Å². The van der Waals surface area contributed by atoms with E-state index in [0.717, 1.165) is 32.1 Å². The summed E-state index contributed by atoms with van der Waals surface area (Å²) >= 11 is 0. The van der Waals surface area contributed by atoms with Crippen LogP contribution in [0, 0.1) is 0 Å². The normalized spacial score (nSPS) is 25.3. The lowest BCUT2D eigenvalue weighted by Crippen LogP contribution is -2.49. The van der Waals surface area contributed by atoms with Crippen molar-refractivity contribution in [2.24, 2.45) is 5.14 Å². The summed E-state index contributed by atoms with van der Waals surface area (Å²) in [6.07, 6.45) is 5.15. The average Bonchev–Trinajstić information content (AvgIpc) is 2.66. The molecule has 2 aliphatic rings. The molecule has 1 aromatic rings. The van der Waals surface area contributed by atoms with Gasteiger partial charge in [-0.2, -0.15) is 0 Å². The van der Waals surface area contributed by atoms with Crippen molar-refractivity contribution in [2.75, 3.05) is 18.0 Å². The van der Waals surface area contributed by atoms with Gasteiger partial charge in [-0.15, -0.1) is 0 Å². The molecule has 0 spiro atoms. The van der Waals surface area contributed by atoms with Crippen LogP contribution in [0.1, 0.15) is 59.3 Å². The number of rotatable bonds is 6. The Hall–Kier alpha value is -1.20. The second-order valence-electron chi connectivity index (χ2n) is 8.64. The number of benzene rings is 1. The first-order valence-electron chi connectivity index (χ1n) is 10.6. The first kappa shape index (κ1) is 23.5. The van der Waals surface area contributed by atoms with Crippen LogP contribution in [0.4, 0.5) is 5.69 Å². The smallest absolute Gasteiger partial charge is 0.241 e. The van der Waals surface area contributed by atoms with Crippen LogP contribution in [0.25, 0.3) is 0 Å². The Bertz CT molecular complexity index is 962. The zero-order valence-corrected chi connectivity index (χ0v) is 19.6. The Morgan fingerprint density at radius 3 is 2.23 bits per heavy atom. The highest BCUT2D eigenvalue weighted by Gasteiger charge is 2.36. The molecule has 0 unspecified atom stereocenters. The van der Waals surface area contributed by atoms with Crippen molar-refractivity contribution in [3.05, 3.63) is 18.2 Å². The predicted molar refractivity (Wildman–Crippen MR) is 116 cm³/mol.